The van der Waals surface area contributed by atoms with Crippen molar-refractivity contribution in [3.05, 3.63) is 0 Å². The van der Waals surface area contributed by atoms with Crippen LogP contribution in [0.25, 0.3) is 0 Å². The van der Waals surface area contributed by atoms with Gasteiger partial charge in [-0.15, -0.1) is 0 Å². The van der Waals surface area contributed by atoms with Crippen molar-refractivity contribution in [3.8, 4) is 12.1 Å². The predicted molar refractivity (Wildman–Crippen MR) is 36.4 cm³/mol. The van der Waals surface area contributed by atoms with Gasteiger partial charge in [-0.3, -0.25) is 0 Å². The second-order valence-corrected chi connectivity index (χ2v) is 3.90. The molecule has 0 aliphatic heterocycles. The molecule has 0 heterocycles. The van der Waals surface area contributed by atoms with Crippen LogP contribution >= 0.6 is 15.6 Å². The normalized spacial score (nSPS) is 10.3. The van der Waals surface area contributed by atoms with Crippen molar-refractivity contribution in [1.29, 1.82) is 10.5 Å². The molecule has 0 saturated carbocycles. The van der Waals surface area contributed by atoms with Gasteiger partial charge in [0.1, 0.15) is 0 Å². The summed E-state index contributed by atoms with van der Waals surface area (Å²) in [6.45, 7) is 0. The van der Waals surface area contributed by atoms with E-state index in [-0.39, 0.29) is 0 Å². The Bertz CT molecular complexity index is 280. The van der Waals surface area contributed by atoms with E-state index in [2.05, 4.69) is 4.31 Å². The summed E-state index contributed by atoms with van der Waals surface area (Å²) in [7, 11) is -10.1. The monoisotopic (exact) mass is 230 g/mol. The lowest BCUT2D eigenvalue weighted by Crippen LogP contribution is -1.84. The minimum atomic E-state index is -5.05. The zero-order chi connectivity index (χ0) is 11.1. The third-order valence-electron chi connectivity index (χ3n) is 0.263. The molecule has 0 radical (unpaired) electrons. The van der Waals surface area contributed by atoms with Gasteiger partial charge in [-0.25, -0.2) is 9.13 Å². The maximum absolute atomic E-state index is 9.63. The Hall–Kier alpha value is -0.760. The summed E-state index contributed by atoms with van der Waals surface area (Å²) >= 11 is 0. The van der Waals surface area contributed by atoms with Crippen LogP contribution in [0.4, 0.5) is 0 Å². The SMILES string of the molecule is N#CC#N.O=P(O)(O)OP(=O)(O)O. The van der Waals surface area contributed by atoms with Crippen LogP contribution in [0.2, 0.25) is 0 Å². The van der Waals surface area contributed by atoms with Crippen molar-refractivity contribution in [2.75, 3.05) is 0 Å². The Morgan fingerprint density at radius 1 is 0.923 bits per heavy atom. The Labute approximate surface area is 72.3 Å². The molecule has 9 nitrogen and oxygen atoms in total. The number of nitriles is 2. The van der Waals surface area contributed by atoms with Crippen molar-refractivity contribution in [2.24, 2.45) is 0 Å². The highest BCUT2D eigenvalue weighted by Crippen LogP contribution is 2.53. The van der Waals surface area contributed by atoms with E-state index in [1.807, 2.05) is 0 Å². The molecule has 0 saturated heterocycles. The fourth-order valence-electron chi connectivity index (χ4n) is 0.139. The Kier molecular flexibility index (Phi) is 6.59. The van der Waals surface area contributed by atoms with Crippen LogP contribution in [0, 0.1) is 22.7 Å². The first-order valence-electron chi connectivity index (χ1n) is 2.23. The van der Waals surface area contributed by atoms with Gasteiger partial charge < -0.3 is 19.6 Å². The van der Waals surface area contributed by atoms with E-state index in [0.717, 1.165) is 0 Å². The molecule has 0 aromatic carbocycles. The Morgan fingerprint density at radius 2 is 1.15 bits per heavy atom. The lowest BCUT2D eigenvalue weighted by atomic mass is 10.9. The minimum absolute atomic E-state index is 1.24. The van der Waals surface area contributed by atoms with Gasteiger partial charge >= 0.3 is 15.6 Å². The number of hydrogen-bond donors (Lipinski definition) is 4. The molecule has 13 heavy (non-hydrogen) atoms. The van der Waals surface area contributed by atoms with Crippen LogP contribution in [0.3, 0.4) is 0 Å². The van der Waals surface area contributed by atoms with Crippen LogP contribution in [0.15, 0.2) is 0 Å². The molecule has 0 rings (SSSR count). The second-order valence-electron chi connectivity index (χ2n) is 1.29. The molecule has 0 aromatic heterocycles. The van der Waals surface area contributed by atoms with E-state index in [1.165, 1.54) is 12.1 Å². The molecule has 74 valence electrons. The van der Waals surface area contributed by atoms with Gasteiger partial charge in [-0.2, -0.15) is 14.8 Å². The van der Waals surface area contributed by atoms with Crippen LogP contribution in [0.5, 0.6) is 0 Å². The minimum Gasteiger partial charge on any atom is -0.302 e. The highest BCUT2D eigenvalue weighted by molar-refractivity contribution is 7.60. The molecule has 0 aliphatic rings. The van der Waals surface area contributed by atoms with Crippen molar-refractivity contribution < 1.29 is 33.0 Å². The molecule has 4 N–H and O–H groups in total. The van der Waals surface area contributed by atoms with E-state index >= 15 is 0 Å². The predicted octanol–water partition coefficient (Wildman–Crippen LogP) is -0.778. The van der Waals surface area contributed by atoms with Crippen molar-refractivity contribution in [1.82, 2.24) is 0 Å². The average molecular weight is 230 g/mol. The molecule has 0 atom stereocenters. The molecule has 0 aliphatic carbocycles. The molecule has 0 bridgehead atoms. The van der Waals surface area contributed by atoms with Crippen molar-refractivity contribution in [3.63, 3.8) is 0 Å². The lowest BCUT2D eigenvalue weighted by Gasteiger charge is -2.03. The zero-order valence-electron chi connectivity index (χ0n) is 5.80. The van der Waals surface area contributed by atoms with Crippen molar-refractivity contribution in [2.45, 2.75) is 0 Å². The van der Waals surface area contributed by atoms with Crippen LogP contribution in [-0.4, -0.2) is 19.6 Å². The standard InChI is InChI=1S/C2N2.H4O7P2/c3-1-2-4;1-8(2,3)7-9(4,5)6/h;(H2,1,2,3)(H2,4,5,6). The van der Waals surface area contributed by atoms with Gasteiger partial charge in [0.15, 0.2) is 12.1 Å². The molecule has 0 aromatic rings. The summed E-state index contributed by atoms with van der Waals surface area (Å²) in [5.74, 6) is 0. The van der Waals surface area contributed by atoms with E-state index < -0.39 is 15.6 Å². The third kappa shape index (κ3) is 24.6. The Morgan fingerprint density at radius 3 is 1.15 bits per heavy atom. The molecule has 0 amide bonds. The highest BCUT2D eigenvalue weighted by atomic mass is 31.3. The van der Waals surface area contributed by atoms with Crippen molar-refractivity contribution >= 4 is 15.6 Å². The number of nitrogens with zero attached hydrogens (tertiary/aromatic N) is 2. The van der Waals surface area contributed by atoms with E-state index in [4.69, 9.17) is 30.1 Å². The maximum Gasteiger partial charge on any atom is 0.478 e. The number of rotatable bonds is 2. The zero-order valence-corrected chi connectivity index (χ0v) is 7.59. The van der Waals surface area contributed by atoms with Gasteiger partial charge in [0.25, 0.3) is 0 Å². The van der Waals surface area contributed by atoms with Crippen LogP contribution in [-0.2, 0) is 13.4 Å². The maximum atomic E-state index is 9.63. The lowest BCUT2D eigenvalue weighted by molar-refractivity contribution is 0.225. The molecule has 0 fully saturated rings. The average Bonchev–Trinajstić information content (AvgIpc) is 1.80. The molecular formula is C2H4N2O7P2. The number of hydrogen-bond acceptors (Lipinski definition) is 5. The topological polar surface area (TPSA) is 172 Å². The summed E-state index contributed by atoms with van der Waals surface area (Å²) in [5.41, 5.74) is 0. The Balaban J connectivity index is 0. The number of phosphoric acid groups is 2. The first kappa shape index (κ1) is 14.7. The second kappa shape index (κ2) is 5.81. The van der Waals surface area contributed by atoms with E-state index in [1.54, 1.807) is 0 Å². The first-order chi connectivity index (χ1) is 5.62. The molecular weight excluding hydrogens is 226 g/mol. The summed E-state index contributed by atoms with van der Waals surface area (Å²) < 4.78 is 22.2. The summed E-state index contributed by atoms with van der Waals surface area (Å²) in [6, 6.07) is 2.47. The van der Waals surface area contributed by atoms with Gasteiger partial charge in [0, 0.05) is 0 Å². The van der Waals surface area contributed by atoms with Crippen LogP contribution in [0.1, 0.15) is 0 Å². The first-order valence-corrected chi connectivity index (χ1v) is 5.29. The van der Waals surface area contributed by atoms with E-state index in [9.17, 15) is 9.13 Å². The summed E-state index contributed by atoms with van der Waals surface area (Å²) in [4.78, 5) is 31.0. The smallest absolute Gasteiger partial charge is 0.302 e. The van der Waals surface area contributed by atoms with Gasteiger partial charge in [0.2, 0.25) is 0 Å². The molecule has 11 heteroatoms. The quantitative estimate of drug-likeness (QED) is 0.443. The fourth-order valence-corrected chi connectivity index (χ4v) is 1.25. The van der Waals surface area contributed by atoms with Gasteiger partial charge in [0.05, 0.1) is 0 Å². The van der Waals surface area contributed by atoms with Gasteiger partial charge in [-0.1, -0.05) is 0 Å². The largest absolute Gasteiger partial charge is 0.478 e. The fraction of sp³-hybridized carbons (Fsp3) is 0. The third-order valence-corrected chi connectivity index (χ3v) is 1.96. The summed E-state index contributed by atoms with van der Waals surface area (Å²) in [6.07, 6.45) is 0. The van der Waals surface area contributed by atoms with Gasteiger partial charge in [-0.05, 0) is 0 Å². The molecule has 0 spiro atoms. The molecule has 0 unspecified atom stereocenters. The summed E-state index contributed by atoms with van der Waals surface area (Å²) in [5, 5.41) is 14.5. The van der Waals surface area contributed by atoms with Crippen LogP contribution < -0.4 is 0 Å². The van der Waals surface area contributed by atoms with E-state index in [0.29, 0.717) is 0 Å². The highest BCUT2D eigenvalue weighted by Gasteiger charge is 2.27.